The highest BCUT2D eigenvalue weighted by atomic mass is 16.3. The Kier molecular flexibility index (Phi) is 4.66. The molecular formula is C27H21N7O2. The highest BCUT2D eigenvalue weighted by molar-refractivity contribution is 6.00. The number of carbonyl (C=O) groups excluding carboxylic acids is 1. The van der Waals surface area contributed by atoms with E-state index in [-0.39, 0.29) is 11.8 Å². The van der Waals surface area contributed by atoms with Gasteiger partial charge in [-0.3, -0.25) is 19.9 Å². The van der Waals surface area contributed by atoms with Crippen LogP contribution in [0.15, 0.2) is 72.2 Å². The van der Waals surface area contributed by atoms with Crippen molar-refractivity contribution in [3.05, 3.63) is 67.8 Å². The third-order valence-corrected chi connectivity index (χ3v) is 6.86. The molecular weight excluding hydrogens is 454 g/mol. The van der Waals surface area contributed by atoms with E-state index in [2.05, 4.69) is 41.5 Å². The molecule has 6 aromatic rings. The summed E-state index contributed by atoms with van der Waals surface area (Å²) in [5, 5.41) is 12.5. The summed E-state index contributed by atoms with van der Waals surface area (Å²) in [5.41, 5.74) is 7.59. The maximum Gasteiger partial charge on any atom is 0.227 e. The van der Waals surface area contributed by atoms with Crippen molar-refractivity contribution in [2.24, 2.45) is 5.92 Å². The van der Waals surface area contributed by atoms with Crippen molar-refractivity contribution >= 4 is 33.5 Å². The first-order chi connectivity index (χ1) is 17.7. The van der Waals surface area contributed by atoms with E-state index in [1.165, 1.54) is 0 Å². The van der Waals surface area contributed by atoms with Crippen LogP contribution in [0.3, 0.4) is 0 Å². The predicted molar refractivity (Wildman–Crippen MR) is 136 cm³/mol. The summed E-state index contributed by atoms with van der Waals surface area (Å²) in [6, 6.07) is 7.95. The van der Waals surface area contributed by atoms with Gasteiger partial charge in [0, 0.05) is 57.5 Å². The topological polar surface area (TPSA) is 125 Å². The van der Waals surface area contributed by atoms with Gasteiger partial charge in [0.05, 0.1) is 41.8 Å². The van der Waals surface area contributed by atoms with Gasteiger partial charge in [-0.1, -0.05) is 6.42 Å². The molecule has 1 saturated carbocycles. The number of fused-ring (bicyclic) bond motifs is 2. The Hall–Kier alpha value is -4.79. The second-order valence-corrected chi connectivity index (χ2v) is 9.12. The number of pyridine rings is 3. The molecule has 1 amide bonds. The number of anilines is 1. The van der Waals surface area contributed by atoms with Crippen LogP contribution in [-0.4, -0.2) is 36.0 Å². The summed E-state index contributed by atoms with van der Waals surface area (Å²) in [5.74, 6) is 0.176. The molecule has 9 heteroatoms. The van der Waals surface area contributed by atoms with Crippen molar-refractivity contribution in [3.63, 3.8) is 0 Å². The number of hydrogen-bond acceptors (Lipinski definition) is 6. The molecule has 176 valence electrons. The van der Waals surface area contributed by atoms with Gasteiger partial charge in [0.15, 0.2) is 5.65 Å². The maximum absolute atomic E-state index is 12.4. The van der Waals surface area contributed by atoms with Gasteiger partial charge in [0.1, 0.15) is 5.69 Å². The predicted octanol–water partition coefficient (Wildman–Crippen LogP) is 5.56. The molecule has 1 aliphatic carbocycles. The molecule has 7 rings (SSSR count). The highest BCUT2D eigenvalue weighted by Gasteiger charge is 2.25. The van der Waals surface area contributed by atoms with Gasteiger partial charge >= 0.3 is 0 Å². The van der Waals surface area contributed by atoms with Crippen LogP contribution in [0.2, 0.25) is 0 Å². The van der Waals surface area contributed by atoms with Crippen molar-refractivity contribution in [2.75, 3.05) is 5.32 Å². The molecule has 0 spiro atoms. The van der Waals surface area contributed by atoms with Gasteiger partial charge in [-0.25, -0.2) is 4.98 Å². The number of aromatic amines is 2. The summed E-state index contributed by atoms with van der Waals surface area (Å²) in [6.07, 6.45) is 15.2. The zero-order chi connectivity index (χ0) is 24.1. The van der Waals surface area contributed by atoms with Crippen LogP contribution < -0.4 is 5.32 Å². The molecule has 6 aromatic heterocycles. The van der Waals surface area contributed by atoms with Crippen molar-refractivity contribution in [2.45, 2.75) is 19.3 Å². The van der Waals surface area contributed by atoms with Crippen molar-refractivity contribution in [1.82, 2.24) is 30.1 Å². The number of nitrogens with zero attached hydrogens (tertiary/aromatic N) is 4. The Morgan fingerprint density at radius 3 is 2.69 bits per heavy atom. The van der Waals surface area contributed by atoms with Gasteiger partial charge in [0.25, 0.3) is 0 Å². The number of aromatic nitrogens is 6. The maximum atomic E-state index is 12.4. The molecule has 0 radical (unpaired) electrons. The Morgan fingerprint density at radius 2 is 1.86 bits per heavy atom. The molecule has 0 bridgehead atoms. The van der Waals surface area contributed by atoms with Gasteiger partial charge in [0.2, 0.25) is 5.91 Å². The van der Waals surface area contributed by atoms with Gasteiger partial charge in [-0.15, -0.1) is 0 Å². The van der Waals surface area contributed by atoms with Crippen molar-refractivity contribution in [1.29, 1.82) is 0 Å². The largest absolute Gasteiger partial charge is 0.472 e. The van der Waals surface area contributed by atoms with E-state index in [0.717, 1.165) is 69.2 Å². The second kappa shape index (κ2) is 8.16. The third kappa shape index (κ3) is 3.44. The molecule has 9 nitrogen and oxygen atoms in total. The number of carbonyl (C=O) groups is 1. The highest BCUT2D eigenvalue weighted by Crippen LogP contribution is 2.34. The van der Waals surface area contributed by atoms with Crippen LogP contribution in [0, 0.1) is 5.92 Å². The molecule has 6 heterocycles. The molecule has 0 aliphatic heterocycles. The van der Waals surface area contributed by atoms with Crippen molar-refractivity contribution in [3.8, 4) is 33.6 Å². The summed E-state index contributed by atoms with van der Waals surface area (Å²) >= 11 is 0. The Labute approximate surface area is 205 Å². The van der Waals surface area contributed by atoms with Crippen LogP contribution >= 0.6 is 0 Å². The monoisotopic (exact) mass is 475 g/mol. The molecule has 0 aromatic carbocycles. The van der Waals surface area contributed by atoms with Crippen LogP contribution in [0.25, 0.3) is 55.6 Å². The lowest BCUT2D eigenvalue weighted by Gasteiger charge is -2.24. The summed E-state index contributed by atoms with van der Waals surface area (Å²) < 4.78 is 5.27. The molecule has 0 atom stereocenters. The van der Waals surface area contributed by atoms with E-state index >= 15 is 0 Å². The summed E-state index contributed by atoms with van der Waals surface area (Å²) in [6.45, 7) is 0. The molecule has 1 fully saturated rings. The first-order valence-electron chi connectivity index (χ1n) is 11.8. The molecule has 36 heavy (non-hydrogen) atoms. The lowest BCUT2D eigenvalue weighted by molar-refractivity contribution is -0.122. The average Bonchev–Trinajstić information content (AvgIpc) is 3.61. The van der Waals surface area contributed by atoms with Crippen LogP contribution in [-0.2, 0) is 4.79 Å². The third-order valence-electron chi connectivity index (χ3n) is 6.86. The minimum Gasteiger partial charge on any atom is -0.472 e. The van der Waals surface area contributed by atoms with E-state index in [4.69, 9.17) is 4.42 Å². The van der Waals surface area contributed by atoms with Crippen LogP contribution in [0.5, 0.6) is 0 Å². The summed E-state index contributed by atoms with van der Waals surface area (Å²) in [7, 11) is 0. The normalized spacial score (nSPS) is 13.8. The van der Waals surface area contributed by atoms with E-state index in [1.807, 2.05) is 24.4 Å². The minimum absolute atomic E-state index is 0.0639. The SMILES string of the molecule is O=C(Nc1cncc(-c2cnc3[nH]nc(-c4cc5c(-c6ccoc6)cncc5[nH]4)c3c2)c1)C1CCC1. The fourth-order valence-corrected chi connectivity index (χ4v) is 4.67. The molecule has 3 N–H and O–H groups in total. The van der Waals surface area contributed by atoms with Crippen LogP contribution in [0.1, 0.15) is 19.3 Å². The number of furan rings is 1. The first-order valence-corrected chi connectivity index (χ1v) is 11.8. The Balaban J connectivity index is 1.26. The fraction of sp³-hybridized carbons (Fsp3) is 0.148. The summed E-state index contributed by atoms with van der Waals surface area (Å²) in [4.78, 5) is 29.1. The zero-order valence-corrected chi connectivity index (χ0v) is 19.2. The number of hydrogen-bond donors (Lipinski definition) is 3. The average molecular weight is 476 g/mol. The number of rotatable bonds is 5. The van der Waals surface area contributed by atoms with E-state index in [1.54, 1.807) is 37.3 Å². The van der Waals surface area contributed by atoms with E-state index < -0.39 is 0 Å². The van der Waals surface area contributed by atoms with Gasteiger partial charge < -0.3 is 14.7 Å². The molecule has 1 aliphatic rings. The first kappa shape index (κ1) is 20.6. The van der Waals surface area contributed by atoms with E-state index in [0.29, 0.717) is 11.3 Å². The van der Waals surface area contributed by atoms with Gasteiger partial charge in [-0.2, -0.15) is 5.10 Å². The molecule has 0 unspecified atom stereocenters. The Bertz CT molecular complexity index is 1730. The van der Waals surface area contributed by atoms with E-state index in [9.17, 15) is 4.79 Å². The number of nitrogens with one attached hydrogen (secondary N) is 3. The van der Waals surface area contributed by atoms with Crippen molar-refractivity contribution < 1.29 is 9.21 Å². The smallest absolute Gasteiger partial charge is 0.227 e. The minimum atomic E-state index is 0.0639. The Morgan fingerprint density at radius 1 is 0.972 bits per heavy atom. The zero-order valence-electron chi connectivity index (χ0n) is 19.2. The second-order valence-electron chi connectivity index (χ2n) is 9.12. The quantitative estimate of drug-likeness (QED) is 0.300. The number of amides is 1. The lowest BCUT2D eigenvalue weighted by atomic mass is 9.85. The fourth-order valence-electron chi connectivity index (χ4n) is 4.67. The lowest BCUT2D eigenvalue weighted by Crippen LogP contribution is -2.28. The number of H-pyrrole nitrogens is 2. The standard InChI is InChI=1S/C27H21N7O2/c35-27(15-2-1-3-15)31-19-6-17(9-28-11-19)18-7-21-25(33-34-26(21)30-10-18)23-8-20-22(16-4-5-36-14-16)12-29-13-24(20)32-23/h4-15,32H,1-3H2,(H,31,35)(H,30,33,34). The van der Waals surface area contributed by atoms with Crippen LogP contribution in [0.4, 0.5) is 5.69 Å². The molecule has 0 saturated heterocycles. The van der Waals surface area contributed by atoms with Gasteiger partial charge in [-0.05, 0) is 37.1 Å².